The number of nitrogens with one attached hydrogen (secondary N) is 1. The van der Waals surface area contributed by atoms with Crippen LogP contribution < -0.4 is 11.1 Å². The first-order valence-corrected chi connectivity index (χ1v) is 6.36. The van der Waals surface area contributed by atoms with Gasteiger partial charge in [0, 0.05) is 23.2 Å². The van der Waals surface area contributed by atoms with E-state index in [1.165, 1.54) is 29.6 Å². The van der Waals surface area contributed by atoms with Crippen molar-refractivity contribution in [2.45, 2.75) is 9.24 Å². The first kappa shape index (κ1) is 11.9. The Morgan fingerprint density at radius 2 is 2.35 bits per heavy atom. The molecule has 2 rings (SSSR count). The molecule has 0 atom stereocenters. The summed E-state index contributed by atoms with van der Waals surface area (Å²) in [6.07, 6.45) is 1.49. The maximum Gasteiger partial charge on any atom is 0.251 e. The van der Waals surface area contributed by atoms with Crippen molar-refractivity contribution in [3.63, 3.8) is 0 Å². The number of carbonyl (C=O) groups is 1. The molecule has 0 bridgehead atoms. The molecule has 2 aromatic rings. The van der Waals surface area contributed by atoms with E-state index in [1.807, 2.05) is 0 Å². The summed E-state index contributed by atoms with van der Waals surface area (Å²) in [6.45, 7) is 0. The van der Waals surface area contributed by atoms with Crippen LogP contribution in [0.2, 0.25) is 0 Å². The molecule has 5 nitrogen and oxygen atoms in total. The van der Waals surface area contributed by atoms with Gasteiger partial charge in [-0.2, -0.15) is 4.37 Å². The highest BCUT2D eigenvalue weighted by molar-refractivity contribution is 8.01. The van der Waals surface area contributed by atoms with E-state index in [0.717, 1.165) is 9.24 Å². The van der Waals surface area contributed by atoms with Crippen LogP contribution in [-0.4, -0.2) is 22.3 Å². The zero-order valence-corrected chi connectivity index (χ0v) is 10.6. The molecule has 0 saturated carbocycles. The third-order valence-electron chi connectivity index (χ3n) is 2.04. The summed E-state index contributed by atoms with van der Waals surface area (Å²) in [5, 5.41) is 2.57. The average molecular weight is 266 g/mol. The van der Waals surface area contributed by atoms with Gasteiger partial charge < -0.3 is 11.1 Å². The van der Waals surface area contributed by atoms with Crippen molar-refractivity contribution >= 4 is 34.9 Å². The van der Waals surface area contributed by atoms with Crippen LogP contribution in [-0.2, 0) is 0 Å². The van der Waals surface area contributed by atoms with Crippen LogP contribution in [0.3, 0.4) is 0 Å². The lowest BCUT2D eigenvalue weighted by Crippen LogP contribution is -2.17. The summed E-state index contributed by atoms with van der Waals surface area (Å²) in [5.74, 6) is -0.135. The van der Waals surface area contributed by atoms with E-state index in [2.05, 4.69) is 14.7 Å². The Balaban J connectivity index is 2.29. The van der Waals surface area contributed by atoms with Crippen LogP contribution >= 0.6 is 23.3 Å². The van der Waals surface area contributed by atoms with Crippen molar-refractivity contribution in [1.82, 2.24) is 14.7 Å². The maximum absolute atomic E-state index is 11.5. The number of nitrogen functional groups attached to an aromatic ring is 1. The number of aromatic nitrogens is 2. The average Bonchev–Trinajstić information content (AvgIpc) is 2.84. The molecule has 1 aromatic carbocycles. The van der Waals surface area contributed by atoms with E-state index in [4.69, 9.17) is 5.73 Å². The minimum Gasteiger partial charge on any atom is -0.398 e. The number of hydrogen-bond donors (Lipinski definition) is 2. The summed E-state index contributed by atoms with van der Waals surface area (Å²) in [6, 6.07) is 5.16. The minimum absolute atomic E-state index is 0.135. The molecule has 7 heteroatoms. The molecular weight excluding hydrogens is 256 g/mol. The Labute approximate surface area is 107 Å². The maximum atomic E-state index is 11.5. The highest BCUT2D eigenvalue weighted by Crippen LogP contribution is 2.33. The van der Waals surface area contributed by atoms with Gasteiger partial charge in [-0.3, -0.25) is 4.79 Å². The molecule has 0 spiro atoms. The Kier molecular flexibility index (Phi) is 3.60. The summed E-state index contributed by atoms with van der Waals surface area (Å²) in [4.78, 5) is 16.4. The molecule has 1 aromatic heterocycles. The van der Waals surface area contributed by atoms with E-state index in [0.29, 0.717) is 11.3 Å². The van der Waals surface area contributed by atoms with E-state index in [1.54, 1.807) is 25.2 Å². The fourth-order valence-electron chi connectivity index (χ4n) is 1.21. The predicted molar refractivity (Wildman–Crippen MR) is 68.3 cm³/mol. The van der Waals surface area contributed by atoms with Crippen LogP contribution in [0.4, 0.5) is 5.69 Å². The van der Waals surface area contributed by atoms with E-state index in [9.17, 15) is 4.79 Å². The Bertz CT molecular complexity index is 527. The van der Waals surface area contributed by atoms with Crippen LogP contribution in [0, 0.1) is 0 Å². The van der Waals surface area contributed by atoms with Gasteiger partial charge in [-0.05, 0) is 29.7 Å². The molecule has 0 aliphatic carbocycles. The monoisotopic (exact) mass is 266 g/mol. The van der Waals surface area contributed by atoms with Gasteiger partial charge in [-0.25, -0.2) is 4.98 Å². The molecule has 0 aliphatic rings. The zero-order valence-electron chi connectivity index (χ0n) is 9.01. The van der Waals surface area contributed by atoms with Gasteiger partial charge in [0.2, 0.25) is 0 Å². The van der Waals surface area contributed by atoms with E-state index < -0.39 is 0 Å². The van der Waals surface area contributed by atoms with E-state index >= 15 is 0 Å². The third kappa shape index (κ3) is 2.75. The molecule has 0 saturated heterocycles. The Morgan fingerprint density at radius 1 is 1.53 bits per heavy atom. The normalized spacial score (nSPS) is 10.2. The lowest BCUT2D eigenvalue weighted by Gasteiger charge is -2.05. The first-order valence-electron chi connectivity index (χ1n) is 4.77. The number of nitrogens with two attached hydrogens (primary N) is 1. The van der Waals surface area contributed by atoms with Crippen molar-refractivity contribution in [1.29, 1.82) is 0 Å². The van der Waals surface area contributed by atoms with E-state index in [-0.39, 0.29) is 5.91 Å². The molecule has 0 unspecified atom stereocenters. The fourth-order valence-corrected chi connectivity index (χ4v) is 2.70. The number of hydrogen-bond acceptors (Lipinski definition) is 6. The Morgan fingerprint density at radius 3 is 3.00 bits per heavy atom. The van der Waals surface area contributed by atoms with Crippen LogP contribution in [0.25, 0.3) is 0 Å². The van der Waals surface area contributed by atoms with Gasteiger partial charge in [0.05, 0.1) is 0 Å². The molecule has 88 valence electrons. The minimum atomic E-state index is -0.135. The topological polar surface area (TPSA) is 80.9 Å². The standard InChI is InChI=1S/C10H10N4OS2/c1-12-9(15)6-2-3-7(11)8(4-6)16-10-13-5-14-17-10/h2-5H,11H2,1H3,(H,12,15). The van der Waals surface area contributed by atoms with Gasteiger partial charge in [0.1, 0.15) is 6.33 Å². The summed E-state index contributed by atoms with van der Waals surface area (Å²) in [7, 11) is 1.59. The smallest absolute Gasteiger partial charge is 0.251 e. The van der Waals surface area contributed by atoms with Crippen molar-refractivity contribution in [2.75, 3.05) is 12.8 Å². The second kappa shape index (κ2) is 5.15. The van der Waals surface area contributed by atoms with Crippen molar-refractivity contribution in [2.24, 2.45) is 0 Å². The molecular formula is C10H10N4OS2. The van der Waals surface area contributed by atoms with Gasteiger partial charge >= 0.3 is 0 Å². The predicted octanol–water partition coefficient (Wildman–Crippen LogP) is 1.63. The fraction of sp³-hybridized carbons (Fsp3) is 0.100. The number of nitrogens with zero attached hydrogens (tertiary/aromatic N) is 2. The molecule has 0 radical (unpaired) electrons. The van der Waals surface area contributed by atoms with Crippen LogP contribution in [0.5, 0.6) is 0 Å². The lowest BCUT2D eigenvalue weighted by atomic mass is 10.2. The van der Waals surface area contributed by atoms with Crippen molar-refractivity contribution < 1.29 is 4.79 Å². The Hall–Kier alpha value is -1.60. The van der Waals surface area contributed by atoms with Crippen LogP contribution in [0.1, 0.15) is 10.4 Å². The summed E-state index contributed by atoms with van der Waals surface area (Å²) >= 11 is 2.70. The number of anilines is 1. The quantitative estimate of drug-likeness (QED) is 0.825. The highest BCUT2D eigenvalue weighted by atomic mass is 32.2. The molecule has 1 heterocycles. The highest BCUT2D eigenvalue weighted by Gasteiger charge is 2.09. The first-order chi connectivity index (χ1) is 8.20. The molecule has 0 aliphatic heterocycles. The SMILES string of the molecule is CNC(=O)c1ccc(N)c(Sc2ncns2)c1. The largest absolute Gasteiger partial charge is 0.398 e. The third-order valence-corrected chi connectivity index (χ3v) is 3.83. The van der Waals surface area contributed by atoms with Gasteiger partial charge in [-0.1, -0.05) is 11.8 Å². The number of benzene rings is 1. The van der Waals surface area contributed by atoms with Gasteiger partial charge in [-0.15, -0.1) is 0 Å². The second-order valence-corrected chi connectivity index (χ2v) is 5.21. The second-order valence-electron chi connectivity index (χ2n) is 3.14. The molecule has 1 amide bonds. The van der Waals surface area contributed by atoms with Crippen LogP contribution in [0.15, 0.2) is 33.8 Å². The van der Waals surface area contributed by atoms with Crippen molar-refractivity contribution in [3.05, 3.63) is 30.1 Å². The lowest BCUT2D eigenvalue weighted by molar-refractivity contribution is 0.0963. The number of rotatable bonds is 3. The molecule has 0 fully saturated rings. The number of carbonyl (C=O) groups excluding carboxylic acids is 1. The van der Waals surface area contributed by atoms with Crippen molar-refractivity contribution in [3.8, 4) is 0 Å². The molecule has 17 heavy (non-hydrogen) atoms. The number of amides is 1. The molecule has 3 N–H and O–H groups in total. The summed E-state index contributed by atoms with van der Waals surface area (Å²) < 4.78 is 4.71. The zero-order chi connectivity index (χ0) is 12.3. The van der Waals surface area contributed by atoms with Gasteiger partial charge in [0.15, 0.2) is 4.34 Å². The summed E-state index contributed by atoms with van der Waals surface area (Å²) in [5.41, 5.74) is 7.05. The van der Waals surface area contributed by atoms with Gasteiger partial charge in [0.25, 0.3) is 5.91 Å².